The predicted molar refractivity (Wildman–Crippen MR) is 109 cm³/mol. The number of para-hydroxylation sites is 1. The third-order valence-electron chi connectivity index (χ3n) is 3.08. The van der Waals surface area contributed by atoms with Crippen molar-refractivity contribution in [1.82, 2.24) is 0 Å². The minimum Gasteiger partial charge on any atom is -0.493 e. The number of ether oxygens (including phenoxy) is 2. The van der Waals surface area contributed by atoms with Gasteiger partial charge in [-0.05, 0) is 46.9 Å². The van der Waals surface area contributed by atoms with E-state index in [-0.39, 0.29) is 19.1 Å². The van der Waals surface area contributed by atoms with Gasteiger partial charge in [0.15, 0.2) is 18.1 Å². The second-order valence-electron chi connectivity index (χ2n) is 4.95. The molecule has 0 aliphatic rings. The molecular formula is C19H17IN2O4. The van der Waals surface area contributed by atoms with Gasteiger partial charge in [0, 0.05) is 11.3 Å². The van der Waals surface area contributed by atoms with Crippen molar-refractivity contribution in [3.8, 4) is 23.8 Å². The first-order valence-corrected chi connectivity index (χ1v) is 8.66. The van der Waals surface area contributed by atoms with Crippen LogP contribution in [0.25, 0.3) is 0 Å². The molecular weight excluding hydrogens is 447 g/mol. The predicted octanol–water partition coefficient (Wildman–Crippen LogP) is 3.30. The van der Waals surface area contributed by atoms with Crippen molar-refractivity contribution < 1.29 is 19.1 Å². The van der Waals surface area contributed by atoms with E-state index in [0.717, 1.165) is 9.13 Å². The maximum Gasteiger partial charge on any atom is 0.265 e. The molecule has 2 aromatic carbocycles. The molecule has 0 heterocycles. The number of halogens is 1. The average molecular weight is 464 g/mol. The van der Waals surface area contributed by atoms with E-state index in [4.69, 9.17) is 20.7 Å². The van der Waals surface area contributed by atoms with Crippen LogP contribution in [-0.2, 0) is 9.63 Å². The van der Waals surface area contributed by atoms with Gasteiger partial charge in [0.05, 0.1) is 16.9 Å². The number of carbonyl (C=O) groups excluding carboxylic acids is 1. The van der Waals surface area contributed by atoms with Crippen LogP contribution in [0.2, 0.25) is 0 Å². The van der Waals surface area contributed by atoms with Crippen LogP contribution in [0.15, 0.2) is 47.6 Å². The van der Waals surface area contributed by atoms with E-state index in [1.165, 1.54) is 6.21 Å². The molecule has 26 heavy (non-hydrogen) atoms. The highest BCUT2D eigenvalue weighted by Crippen LogP contribution is 2.33. The molecule has 0 aromatic heterocycles. The maximum absolute atomic E-state index is 11.8. The van der Waals surface area contributed by atoms with E-state index in [9.17, 15) is 4.79 Å². The zero-order valence-electron chi connectivity index (χ0n) is 14.1. The largest absolute Gasteiger partial charge is 0.493 e. The summed E-state index contributed by atoms with van der Waals surface area (Å²) in [5.74, 6) is 3.23. The number of carbonyl (C=O) groups is 1. The minimum absolute atomic E-state index is 0.152. The monoisotopic (exact) mass is 464 g/mol. The summed E-state index contributed by atoms with van der Waals surface area (Å²) in [6.45, 7) is -0.0393. The van der Waals surface area contributed by atoms with Crippen molar-refractivity contribution in [3.63, 3.8) is 0 Å². The maximum atomic E-state index is 11.8. The SMILES string of the molecule is C#CCOc1c(I)cc(/C=N/OCC(=O)Nc2ccccc2)cc1OC. The quantitative estimate of drug-likeness (QED) is 0.282. The van der Waals surface area contributed by atoms with E-state index in [0.29, 0.717) is 17.2 Å². The fourth-order valence-electron chi connectivity index (χ4n) is 1.98. The number of nitrogens with one attached hydrogen (secondary N) is 1. The van der Waals surface area contributed by atoms with E-state index in [1.807, 2.05) is 24.3 Å². The van der Waals surface area contributed by atoms with Crippen molar-refractivity contribution in [3.05, 3.63) is 51.6 Å². The Morgan fingerprint density at radius 2 is 2.12 bits per heavy atom. The lowest BCUT2D eigenvalue weighted by molar-refractivity contribution is -0.120. The lowest BCUT2D eigenvalue weighted by Gasteiger charge is -2.11. The van der Waals surface area contributed by atoms with Gasteiger partial charge in [-0.25, -0.2) is 0 Å². The molecule has 2 aromatic rings. The number of anilines is 1. The Bertz CT molecular complexity index is 816. The highest BCUT2D eigenvalue weighted by atomic mass is 127. The van der Waals surface area contributed by atoms with Crippen LogP contribution in [0.4, 0.5) is 5.69 Å². The van der Waals surface area contributed by atoms with E-state index >= 15 is 0 Å². The van der Waals surface area contributed by atoms with Gasteiger partial charge in [0.2, 0.25) is 0 Å². The molecule has 6 nitrogen and oxygen atoms in total. The zero-order chi connectivity index (χ0) is 18.8. The van der Waals surface area contributed by atoms with Crippen molar-refractivity contribution >= 4 is 40.4 Å². The van der Waals surface area contributed by atoms with Crippen LogP contribution >= 0.6 is 22.6 Å². The zero-order valence-corrected chi connectivity index (χ0v) is 16.2. The summed E-state index contributed by atoms with van der Waals surface area (Å²) in [5.41, 5.74) is 1.44. The number of amides is 1. The Labute approximate surface area is 165 Å². The third kappa shape index (κ3) is 5.97. The molecule has 1 N–H and O–H groups in total. The Morgan fingerprint density at radius 3 is 2.81 bits per heavy atom. The Kier molecular flexibility index (Phi) is 7.76. The minimum atomic E-state index is -0.293. The summed E-state index contributed by atoms with van der Waals surface area (Å²) in [5, 5.41) is 6.52. The topological polar surface area (TPSA) is 69.2 Å². The normalized spacial score (nSPS) is 10.2. The molecule has 0 atom stereocenters. The highest BCUT2D eigenvalue weighted by molar-refractivity contribution is 14.1. The number of hydrogen-bond donors (Lipinski definition) is 1. The summed E-state index contributed by atoms with van der Waals surface area (Å²) < 4.78 is 11.6. The summed E-state index contributed by atoms with van der Waals surface area (Å²) in [6.07, 6.45) is 6.70. The first kappa shape index (κ1) is 19.6. The van der Waals surface area contributed by atoms with Crippen LogP contribution in [0.1, 0.15) is 5.56 Å². The van der Waals surface area contributed by atoms with Gasteiger partial charge in [-0.2, -0.15) is 0 Å². The number of methoxy groups -OCH3 is 1. The molecule has 0 aliphatic carbocycles. The number of hydrogen-bond acceptors (Lipinski definition) is 5. The van der Waals surface area contributed by atoms with Crippen LogP contribution in [0.3, 0.4) is 0 Å². The smallest absolute Gasteiger partial charge is 0.265 e. The van der Waals surface area contributed by atoms with Crippen LogP contribution in [-0.4, -0.2) is 32.4 Å². The summed E-state index contributed by atoms with van der Waals surface area (Å²) in [7, 11) is 1.54. The Morgan fingerprint density at radius 1 is 1.35 bits per heavy atom. The standard InChI is InChI=1S/C19H17IN2O4/c1-3-9-25-19-16(20)10-14(11-17(19)24-2)12-21-26-13-18(23)22-15-7-5-4-6-8-15/h1,4-8,10-12H,9,13H2,2H3,(H,22,23)/b21-12+. The summed E-state index contributed by atoms with van der Waals surface area (Å²) in [6, 6.07) is 12.7. The second kappa shape index (κ2) is 10.3. The first-order valence-electron chi connectivity index (χ1n) is 7.58. The molecule has 0 radical (unpaired) electrons. The van der Waals surface area contributed by atoms with Gasteiger partial charge < -0.3 is 19.6 Å². The highest BCUT2D eigenvalue weighted by Gasteiger charge is 2.11. The Hall–Kier alpha value is -2.73. The third-order valence-corrected chi connectivity index (χ3v) is 3.88. The molecule has 0 spiro atoms. The summed E-state index contributed by atoms with van der Waals surface area (Å²) in [4.78, 5) is 16.8. The molecule has 0 saturated heterocycles. The van der Waals surface area contributed by atoms with Crippen LogP contribution < -0.4 is 14.8 Å². The molecule has 134 valence electrons. The Balaban J connectivity index is 1.92. The molecule has 2 rings (SSSR count). The number of nitrogens with zero attached hydrogens (tertiary/aromatic N) is 1. The van der Waals surface area contributed by atoms with E-state index < -0.39 is 0 Å². The fraction of sp³-hybridized carbons (Fsp3) is 0.158. The van der Waals surface area contributed by atoms with Crippen molar-refractivity contribution in [1.29, 1.82) is 0 Å². The molecule has 0 aliphatic heterocycles. The fourth-order valence-corrected chi connectivity index (χ4v) is 2.76. The summed E-state index contributed by atoms with van der Waals surface area (Å²) >= 11 is 2.12. The van der Waals surface area contributed by atoms with Crippen LogP contribution in [0, 0.1) is 15.9 Å². The molecule has 0 fully saturated rings. The molecule has 0 unspecified atom stereocenters. The van der Waals surface area contributed by atoms with E-state index in [1.54, 1.807) is 25.3 Å². The van der Waals surface area contributed by atoms with Crippen LogP contribution in [0.5, 0.6) is 11.5 Å². The van der Waals surface area contributed by atoms with Gasteiger partial charge in [-0.1, -0.05) is 29.3 Å². The van der Waals surface area contributed by atoms with Gasteiger partial charge in [-0.3, -0.25) is 4.79 Å². The van der Waals surface area contributed by atoms with Crippen molar-refractivity contribution in [2.75, 3.05) is 25.6 Å². The van der Waals surface area contributed by atoms with Gasteiger partial charge >= 0.3 is 0 Å². The second-order valence-corrected chi connectivity index (χ2v) is 6.11. The van der Waals surface area contributed by atoms with Gasteiger partial charge in [0.25, 0.3) is 5.91 Å². The molecule has 0 bridgehead atoms. The van der Waals surface area contributed by atoms with Gasteiger partial charge in [-0.15, -0.1) is 6.42 Å². The van der Waals surface area contributed by atoms with Crippen molar-refractivity contribution in [2.45, 2.75) is 0 Å². The lowest BCUT2D eigenvalue weighted by Crippen LogP contribution is -2.16. The van der Waals surface area contributed by atoms with E-state index in [2.05, 4.69) is 39.0 Å². The van der Waals surface area contributed by atoms with Gasteiger partial charge in [0.1, 0.15) is 6.61 Å². The first-order chi connectivity index (χ1) is 12.6. The number of rotatable bonds is 8. The molecule has 0 saturated carbocycles. The number of benzene rings is 2. The lowest BCUT2D eigenvalue weighted by atomic mass is 10.2. The molecule has 1 amide bonds. The van der Waals surface area contributed by atoms with Crippen molar-refractivity contribution in [2.24, 2.45) is 5.16 Å². The number of oxime groups is 1. The number of terminal acetylenes is 1. The average Bonchev–Trinajstić information content (AvgIpc) is 2.65. The molecule has 7 heteroatoms.